The summed E-state index contributed by atoms with van der Waals surface area (Å²) >= 11 is 6.13. The molecule has 0 amide bonds. The second-order valence-electron chi connectivity index (χ2n) is 4.70. The predicted octanol–water partition coefficient (Wildman–Crippen LogP) is 2.96. The minimum absolute atomic E-state index is 0.0236. The van der Waals surface area contributed by atoms with Gasteiger partial charge in [0, 0.05) is 24.0 Å². The number of nitrogen functional groups attached to an aromatic ring is 1. The Morgan fingerprint density at radius 3 is 2.70 bits per heavy atom. The summed E-state index contributed by atoms with van der Waals surface area (Å²) in [7, 11) is 1.98. The van der Waals surface area contributed by atoms with Crippen molar-refractivity contribution in [2.75, 3.05) is 11.9 Å². The Kier molecular flexibility index (Phi) is 4.25. The van der Waals surface area contributed by atoms with E-state index in [1.165, 1.54) is 0 Å². The van der Waals surface area contributed by atoms with E-state index in [-0.39, 0.29) is 5.84 Å². The maximum Gasteiger partial charge on any atom is 0.124 e. The van der Waals surface area contributed by atoms with Crippen molar-refractivity contribution in [1.29, 1.82) is 5.41 Å². The lowest BCUT2D eigenvalue weighted by Crippen LogP contribution is -2.18. The normalized spacial score (nSPS) is 10.3. The highest BCUT2D eigenvalue weighted by atomic mass is 35.5. The third-order valence-corrected chi connectivity index (χ3v) is 3.34. The fourth-order valence-corrected chi connectivity index (χ4v) is 2.26. The van der Waals surface area contributed by atoms with Gasteiger partial charge in [0.05, 0.1) is 17.3 Å². The summed E-state index contributed by atoms with van der Waals surface area (Å²) in [6.45, 7) is 2.67. The molecule has 104 valence electrons. The van der Waals surface area contributed by atoms with E-state index in [1.807, 2.05) is 44.3 Å². The predicted molar refractivity (Wildman–Crippen MR) is 83.5 cm³/mol. The zero-order valence-electron chi connectivity index (χ0n) is 11.5. The lowest BCUT2D eigenvalue weighted by atomic mass is 10.1. The number of aryl methyl sites for hydroxylation is 1. The molecule has 1 aromatic heterocycles. The SMILES string of the molecule is Cc1cccc(CN(C)c2ccc(C(=N)N)c(Cl)c2)n1. The van der Waals surface area contributed by atoms with Crippen molar-refractivity contribution < 1.29 is 0 Å². The number of nitrogens with zero attached hydrogens (tertiary/aromatic N) is 2. The average Bonchev–Trinajstić information content (AvgIpc) is 2.38. The van der Waals surface area contributed by atoms with Gasteiger partial charge in [-0.1, -0.05) is 17.7 Å². The fourth-order valence-electron chi connectivity index (χ4n) is 1.98. The highest BCUT2D eigenvalue weighted by Crippen LogP contribution is 2.23. The number of nitrogens with two attached hydrogens (primary N) is 1. The van der Waals surface area contributed by atoms with Crippen LogP contribution in [0.3, 0.4) is 0 Å². The number of rotatable bonds is 4. The van der Waals surface area contributed by atoms with Gasteiger partial charge < -0.3 is 10.6 Å². The van der Waals surface area contributed by atoms with Crippen LogP contribution in [0.5, 0.6) is 0 Å². The highest BCUT2D eigenvalue weighted by molar-refractivity contribution is 6.34. The lowest BCUT2D eigenvalue weighted by Gasteiger charge is -2.20. The quantitative estimate of drug-likeness (QED) is 0.671. The van der Waals surface area contributed by atoms with Gasteiger partial charge in [-0.15, -0.1) is 0 Å². The molecule has 0 atom stereocenters. The van der Waals surface area contributed by atoms with Gasteiger partial charge in [-0.3, -0.25) is 10.4 Å². The summed E-state index contributed by atoms with van der Waals surface area (Å²) in [6, 6.07) is 11.4. The Balaban J connectivity index is 2.19. The second kappa shape index (κ2) is 5.92. The Bertz CT molecular complexity index is 640. The Morgan fingerprint density at radius 2 is 2.10 bits per heavy atom. The average molecular weight is 289 g/mol. The van der Waals surface area contributed by atoms with Gasteiger partial charge in [0.1, 0.15) is 5.84 Å². The van der Waals surface area contributed by atoms with E-state index in [2.05, 4.69) is 9.88 Å². The van der Waals surface area contributed by atoms with Crippen LogP contribution in [-0.2, 0) is 6.54 Å². The Labute approximate surface area is 123 Å². The molecule has 5 heteroatoms. The summed E-state index contributed by atoms with van der Waals surface area (Å²) < 4.78 is 0. The third kappa shape index (κ3) is 3.27. The van der Waals surface area contributed by atoms with E-state index in [4.69, 9.17) is 22.7 Å². The van der Waals surface area contributed by atoms with Gasteiger partial charge in [0.25, 0.3) is 0 Å². The summed E-state index contributed by atoms with van der Waals surface area (Å²) in [5.41, 5.74) is 8.97. The first-order valence-corrected chi connectivity index (χ1v) is 6.63. The molecule has 1 aromatic carbocycles. The fraction of sp³-hybridized carbons (Fsp3) is 0.200. The molecule has 0 spiro atoms. The number of hydrogen-bond donors (Lipinski definition) is 2. The van der Waals surface area contributed by atoms with Gasteiger partial charge in [-0.25, -0.2) is 0 Å². The van der Waals surface area contributed by atoms with Gasteiger partial charge in [0.2, 0.25) is 0 Å². The van der Waals surface area contributed by atoms with Gasteiger partial charge in [-0.2, -0.15) is 0 Å². The summed E-state index contributed by atoms with van der Waals surface area (Å²) in [5.74, 6) is -0.0236. The maximum absolute atomic E-state index is 7.43. The van der Waals surface area contributed by atoms with Gasteiger partial charge >= 0.3 is 0 Å². The Morgan fingerprint density at radius 1 is 1.35 bits per heavy atom. The van der Waals surface area contributed by atoms with Crippen molar-refractivity contribution in [3.05, 3.63) is 58.4 Å². The molecule has 0 radical (unpaired) electrons. The lowest BCUT2D eigenvalue weighted by molar-refractivity contribution is 0.877. The molecule has 0 saturated heterocycles. The molecular formula is C15H17ClN4. The molecule has 0 unspecified atom stereocenters. The van der Waals surface area contributed by atoms with Crippen LogP contribution in [0, 0.1) is 12.3 Å². The molecule has 20 heavy (non-hydrogen) atoms. The number of aromatic nitrogens is 1. The smallest absolute Gasteiger partial charge is 0.124 e. The monoisotopic (exact) mass is 288 g/mol. The van der Waals surface area contributed by atoms with E-state index in [9.17, 15) is 0 Å². The maximum atomic E-state index is 7.43. The second-order valence-corrected chi connectivity index (χ2v) is 5.11. The first kappa shape index (κ1) is 14.3. The molecule has 0 aliphatic rings. The molecule has 2 rings (SSSR count). The van der Waals surface area contributed by atoms with Crippen molar-refractivity contribution in [1.82, 2.24) is 4.98 Å². The van der Waals surface area contributed by atoms with Gasteiger partial charge in [0.15, 0.2) is 0 Å². The van der Waals surface area contributed by atoms with Crippen LogP contribution < -0.4 is 10.6 Å². The van der Waals surface area contributed by atoms with Crippen LogP contribution >= 0.6 is 11.6 Å². The summed E-state index contributed by atoms with van der Waals surface area (Å²) in [6.07, 6.45) is 0. The van der Waals surface area contributed by atoms with Crippen LogP contribution in [0.1, 0.15) is 17.0 Å². The van der Waals surface area contributed by atoms with Crippen LogP contribution in [0.4, 0.5) is 5.69 Å². The number of halogens is 1. The summed E-state index contributed by atoms with van der Waals surface area (Å²) in [4.78, 5) is 6.53. The molecule has 0 saturated carbocycles. The van der Waals surface area contributed by atoms with E-state index in [1.54, 1.807) is 6.07 Å². The van der Waals surface area contributed by atoms with Crippen molar-refractivity contribution in [3.63, 3.8) is 0 Å². The highest BCUT2D eigenvalue weighted by Gasteiger charge is 2.08. The number of hydrogen-bond acceptors (Lipinski definition) is 3. The minimum atomic E-state index is -0.0236. The van der Waals surface area contributed by atoms with Crippen molar-refractivity contribution in [2.45, 2.75) is 13.5 Å². The first-order valence-electron chi connectivity index (χ1n) is 6.25. The topological polar surface area (TPSA) is 66.0 Å². The zero-order valence-corrected chi connectivity index (χ0v) is 12.3. The largest absolute Gasteiger partial charge is 0.384 e. The van der Waals surface area contributed by atoms with Crippen LogP contribution in [0.2, 0.25) is 5.02 Å². The third-order valence-electron chi connectivity index (χ3n) is 3.03. The van der Waals surface area contributed by atoms with Crippen molar-refractivity contribution in [2.24, 2.45) is 5.73 Å². The number of benzene rings is 1. The molecule has 0 fully saturated rings. The number of nitrogens with one attached hydrogen (secondary N) is 1. The number of amidine groups is 1. The zero-order chi connectivity index (χ0) is 14.7. The molecule has 0 bridgehead atoms. The standard InChI is InChI=1S/C15H17ClN4/c1-10-4-3-5-11(19-10)9-20(2)12-6-7-13(15(17)18)14(16)8-12/h3-8H,9H2,1-2H3,(H3,17,18). The van der Waals surface area contributed by atoms with Crippen molar-refractivity contribution in [3.8, 4) is 0 Å². The van der Waals surface area contributed by atoms with E-state index in [0.717, 1.165) is 17.1 Å². The van der Waals surface area contributed by atoms with Crippen LogP contribution in [0.25, 0.3) is 0 Å². The van der Waals surface area contributed by atoms with E-state index < -0.39 is 0 Å². The van der Waals surface area contributed by atoms with Crippen LogP contribution in [0.15, 0.2) is 36.4 Å². The van der Waals surface area contributed by atoms with E-state index >= 15 is 0 Å². The molecular weight excluding hydrogens is 272 g/mol. The molecule has 2 aromatic rings. The molecule has 0 aliphatic carbocycles. The molecule has 1 heterocycles. The van der Waals surface area contributed by atoms with Crippen LogP contribution in [-0.4, -0.2) is 17.9 Å². The number of pyridine rings is 1. The molecule has 4 nitrogen and oxygen atoms in total. The van der Waals surface area contributed by atoms with E-state index in [0.29, 0.717) is 17.1 Å². The number of anilines is 1. The van der Waals surface area contributed by atoms with Gasteiger partial charge in [-0.05, 0) is 37.3 Å². The molecule has 0 aliphatic heterocycles. The summed E-state index contributed by atoms with van der Waals surface area (Å²) in [5, 5.41) is 7.91. The minimum Gasteiger partial charge on any atom is -0.384 e. The Hall–Kier alpha value is -2.07. The first-order chi connectivity index (χ1) is 9.47. The van der Waals surface area contributed by atoms with Crippen molar-refractivity contribution >= 4 is 23.1 Å². The molecule has 3 N–H and O–H groups in total.